The van der Waals surface area contributed by atoms with Gasteiger partial charge in [-0.25, -0.2) is 0 Å². The van der Waals surface area contributed by atoms with Gasteiger partial charge in [-0.3, -0.25) is 0 Å². The third kappa shape index (κ3) is 4.01. The van der Waals surface area contributed by atoms with Gasteiger partial charge < -0.3 is 4.98 Å². The number of rotatable bonds is 5. The van der Waals surface area contributed by atoms with Crippen molar-refractivity contribution >= 4 is 72.2 Å². The van der Waals surface area contributed by atoms with Crippen molar-refractivity contribution in [2.24, 2.45) is 0 Å². The second-order valence-corrected chi connectivity index (χ2v) is 15.9. The molecule has 216 valence electrons. The van der Waals surface area contributed by atoms with Gasteiger partial charge in [-0.15, -0.1) is 0 Å². The predicted molar refractivity (Wildman–Crippen MR) is 200 cm³/mol. The SMILES string of the molecule is c1ccc([Si](c2ccccc2)(c2ccccc2)c2cccc3c2[nH]c2ccc(-c4cc5ccccc5c5ccccc45)cc23)cc1. The summed E-state index contributed by atoms with van der Waals surface area (Å²) in [7, 11) is -2.70. The molecule has 1 aromatic heterocycles. The van der Waals surface area contributed by atoms with Crippen LogP contribution in [-0.4, -0.2) is 13.1 Å². The van der Waals surface area contributed by atoms with Crippen molar-refractivity contribution < 1.29 is 0 Å². The molecule has 0 atom stereocenters. The molecule has 8 aromatic carbocycles. The first kappa shape index (κ1) is 26.7. The Morgan fingerprint density at radius 2 is 0.913 bits per heavy atom. The Morgan fingerprint density at radius 3 is 1.57 bits per heavy atom. The fourth-order valence-electron chi connectivity index (χ4n) is 7.73. The summed E-state index contributed by atoms with van der Waals surface area (Å²) in [6.45, 7) is 0. The molecule has 0 fully saturated rings. The number of aromatic nitrogens is 1. The molecule has 1 N–H and O–H groups in total. The Balaban J connectivity index is 1.34. The van der Waals surface area contributed by atoms with E-state index in [9.17, 15) is 0 Å². The van der Waals surface area contributed by atoms with E-state index in [4.69, 9.17) is 0 Å². The van der Waals surface area contributed by atoms with Crippen LogP contribution in [0, 0.1) is 0 Å². The maximum atomic E-state index is 3.94. The summed E-state index contributed by atoms with van der Waals surface area (Å²) in [5.74, 6) is 0. The third-order valence-corrected chi connectivity index (χ3v) is 14.6. The maximum absolute atomic E-state index is 3.94. The first-order chi connectivity index (χ1) is 22.8. The van der Waals surface area contributed by atoms with Crippen molar-refractivity contribution in [2.75, 3.05) is 0 Å². The van der Waals surface area contributed by atoms with Gasteiger partial charge in [0.1, 0.15) is 0 Å². The number of nitrogens with one attached hydrogen (secondary N) is 1. The lowest BCUT2D eigenvalue weighted by molar-refractivity contribution is 1.55. The van der Waals surface area contributed by atoms with Crippen LogP contribution >= 0.6 is 0 Å². The van der Waals surface area contributed by atoms with Crippen LogP contribution in [0.15, 0.2) is 182 Å². The molecule has 1 nitrogen and oxygen atoms in total. The molecule has 0 radical (unpaired) electrons. The van der Waals surface area contributed by atoms with Crippen LogP contribution in [-0.2, 0) is 0 Å². The van der Waals surface area contributed by atoms with Gasteiger partial charge in [0, 0.05) is 21.8 Å². The zero-order valence-corrected chi connectivity index (χ0v) is 26.3. The van der Waals surface area contributed by atoms with E-state index >= 15 is 0 Å². The highest BCUT2D eigenvalue weighted by atomic mass is 28.3. The lowest BCUT2D eigenvalue weighted by atomic mass is 9.93. The van der Waals surface area contributed by atoms with Crippen LogP contribution in [0.1, 0.15) is 0 Å². The summed E-state index contributed by atoms with van der Waals surface area (Å²) in [6, 6.07) is 67.2. The molecule has 0 aliphatic heterocycles. The molecule has 9 rings (SSSR count). The topological polar surface area (TPSA) is 15.8 Å². The van der Waals surface area contributed by atoms with Crippen LogP contribution in [0.5, 0.6) is 0 Å². The van der Waals surface area contributed by atoms with E-state index in [2.05, 4.69) is 187 Å². The van der Waals surface area contributed by atoms with Gasteiger partial charge in [-0.05, 0) is 71.6 Å². The average Bonchev–Trinajstić information content (AvgIpc) is 3.52. The van der Waals surface area contributed by atoms with E-state index < -0.39 is 8.07 Å². The van der Waals surface area contributed by atoms with Crippen molar-refractivity contribution in [1.82, 2.24) is 4.98 Å². The fourth-order valence-corrected chi connectivity index (χ4v) is 12.7. The smallest absolute Gasteiger partial charge is 0.181 e. The van der Waals surface area contributed by atoms with Gasteiger partial charge in [0.05, 0.1) is 0 Å². The second kappa shape index (κ2) is 10.7. The lowest BCUT2D eigenvalue weighted by Gasteiger charge is -2.34. The van der Waals surface area contributed by atoms with Crippen molar-refractivity contribution in [3.05, 3.63) is 182 Å². The van der Waals surface area contributed by atoms with Crippen molar-refractivity contribution in [3.63, 3.8) is 0 Å². The Labute approximate surface area is 269 Å². The highest BCUT2D eigenvalue weighted by Gasteiger charge is 2.42. The molecule has 0 spiro atoms. The minimum absolute atomic E-state index is 1.16. The maximum Gasteiger partial charge on any atom is 0.181 e. The van der Waals surface area contributed by atoms with Crippen LogP contribution in [0.3, 0.4) is 0 Å². The van der Waals surface area contributed by atoms with Crippen molar-refractivity contribution in [1.29, 1.82) is 0 Å². The standard InChI is InChI=1S/C44H31NSi/c1-4-16-33(17-5-1)46(34-18-6-2-7-19-34,35-20-8-3-9-21-35)43-26-14-25-39-41-30-32(27-28-42(41)45-44(39)43)40-29-31-15-10-11-22-36(31)37-23-12-13-24-38(37)40/h1-30,45H. The minimum Gasteiger partial charge on any atom is -0.355 e. The molecular formula is C44H31NSi. The zero-order valence-electron chi connectivity index (χ0n) is 25.3. The third-order valence-electron chi connectivity index (χ3n) is 9.74. The molecule has 0 aliphatic carbocycles. The number of H-pyrrole nitrogens is 1. The van der Waals surface area contributed by atoms with Crippen LogP contribution in [0.2, 0.25) is 0 Å². The van der Waals surface area contributed by atoms with E-state index in [-0.39, 0.29) is 0 Å². The molecule has 0 bridgehead atoms. The molecule has 0 saturated carbocycles. The molecule has 46 heavy (non-hydrogen) atoms. The van der Waals surface area contributed by atoms with Gasteiger partial charge in [0.2, 0.25) is 0 Å². The van der Waals surface area contributed by atoms with E-state index in [1.165, 1.54) is 69.7 Å². The van der Waals surface area contributed by atoms with Gasteiger partial charge >= 0.3 is 0 Å². The number of hydrogen-bond donors (Lipinski definition) is 1. The Morgan fingerprint density at radius 1 is 0.370 bits per heavy atom. The Kier molecular flexibility index (Phi) is 6.22. The summed E-state index contributed by atoms with van der Waals surface area (Å²) < 4.78 is 0. The summed E-state index contributed by atoms with van der Waals surface area (Å²) >= 11 is 0. The average molecular weight is 602 g/mol. The Hall–Kier alpha value is -5.70. The summed E-state index contributed by atoms with van der Waals surface area (Å²) in [5, 5.41) is 13.2. The van der Waals surface area contributed by atoms with Gasteiger partial charge in [0.15, 0.2) is 8.07 Å². The van der Waals surface area contributed by atoms with Gasteiger partial charge in [-0.1, -0.05) is 164 Å². The van der Waals surface area contributed by atoms with E-state index in [1.54, 1.807) is 0 Å². The number of benzene rings is 8. The van der Waals surface area contributed by atoms with Crippen LogP contribution in [0.4, 0.5) is 0 Å². The van der Waals surface area contributed by atoms with Crippen molar-refractivity contribution in [3.8, 4) is 11.1 Å². The molecule has 9 aromatic rings. The first-order valence-electron chi connectivity index (χ1n) is 15.9. The van der Waals surface area contributed by atoms with Gasteiger partial charge in [0.25, 0.3) is 0 Å². The van der Waals surface area contributed by atoms with Gasteiger partial charge in [-0.2, -0.15) is 0 Å². The summed E-state index contributed by atoms with van der Waals surface area (Å²) in [6.07, 6.45) is 0. The molecule has 0 amide bonds. The number of hydrogen-bond acceptors (Lipinski definition) is 0. The first-order valence-corrected chi connectivity index (χ1v) is 17.9. The highest BCUT2D eigenvalue weighted by molar-refractivity contribution is 7.20. The zero-order chi connectivity index (χ0) is 30.5. The minimum atomic E-state index is -2.70. The number of aromatic amines is 1. The number of para-hydroxylation sites is 1. The van der Waals surface area contributed by atoms with E-state index in [1.807, 2.05) is 0 Å². The summed E-state index contributed by atoms with van der Waals surface area (Å²) in [4.78, 5) is 3.94. The quantitative estimate of drug-likeness (QED) is 0.115. The lowest BCUT2D eigenvalue weighted by Crippen LogP contribution is -2.74. The second-order valence-electron chi connectivity index (χ2n) is 12.2. The van der Waals surface area contributed by atoms with Crippen LogP contribution < -0.4 is 20.7 Å². The molecule has 0 saturated heterocycles. The normalized spacial score (nSPS) is 11.9. The Bertz CT molecular complexity index is 2420. The molecular weight excluding hydrogens is 571 g/mol. The van der Waals surface area contributed by atoms with E-state index in [0.717, 1.165) is 5.52 Å². The van der Waals surface area contributed by atoms with Crippen LogP contribution in [0.25, 0.3) is 54.5 Å². The van der Waals surface area contributed by atoms with Crippen molar-refractivity contribution in [2.45, 2.75) is 0 Å². The number of fused-ring (bicyclic) bond motifs is 6. The monoisotopic (exact) mass is 601 g/mol. The fraction of sp³-hybridized carbons (Fsp3) is 0. The molecule has 0 aliphatic rings. The van der Waals surface area contributed by atoms with E-state index in [0.29, 0.717) is 0 Å². The molecule has 2 heteroatoms. The highest BCUT2D eigenvalue weighted by Crippen LogP contribution is 2.37. The summed E-state index contributed by atoms with van der Waals surface area (Å²) in [5.41, 5.74) is 4.89. The predicted octanol–water partition coefficient (Wildman–Crippen LogP) is 8.67. The molecule has 0 unspecified atom stereocenters. The molecule has 1 heterocycles. The largest absolute Gasteiger partial charge is 0.355 e.